The predicted molar refractivity (Wildman–Crippen MR) is 152 cm³/mol. The minimum atomic E-state index is -0.410. The highest BCUT2D eigenvalue weighted by atomic mass is 16.5. The van der Waals surface area contributed by atoms with Gasteiger partial charge in [-0.15, -0.1) is 0 Å². The molecule has 1 saturated carbocycles. The van der Waals surface area contributed by atoms with Gasteiger partial charge in [0, 0.05) is 17.7 Å². The lowest BCUT2D eigenvalue weighted by Gasteiger charge is -2.30. The number of rotatable bonds is 7. The molecule has 3 aromatic carbocycles. The minimum Gasteiger partial charge on any atom is -0.466 e. The first-order valence-electron chi connectivity index (χ1n) is 13.2. The second-order valence-corrected chi connectivity index (χ2v) is 9.96. The zero-order valence-electron chi connectivity index (χ0n) is 21.9. The number of amides is 1. The molecular formula is C32H33N3O3. The Labute approximate surface area is 223 Å². The van der Waals surface area contributed by atoms with E-state index in [1.807, 2.05) is 42.2 Å². The highest BCUT2D eigenvalue weighted by molar-refractivity contribution is 5.95. The molecular weight excluding hydrogens is 474 g/mol. The van der Waals surface area contributed by atoms with Gasteiger partial charge in [0.1, 0.15) is 5.82 Å². The number of hydrogen-bond acceptors (Lipinski definition) is 4. The molecule has 0 unspecified atom stereocenters. The summed E-state index contributed by atoms with van der Waals surface area (Å²) in [5, 5.41) is 0. The average molecular weight is 508 g/mol. The number of nitrogens with one attached hydrogen (secondary N) is 1. The monoisotopic (exact) mass is 507 g/mol. The van der Waals surface area contributed by atoms with E-state index in [4.69, 9.17) is 4.74 Å². The third-order valence-electron chi connectivity index (χ3n) is 7.24. The van der Waals surface area contributed by atoms with Crippen LogP contribution >= 0.6 is 0 Å². The molecule has 1 aliphatic carbocycles. The van der Waals surface area contributed by atoms with Crippen LogP contribution < -0.4 is 4.90 Å². The van der Waals surface area contributed by atoms with Crippen LogP contribution in [0.25, 0.3) is 28.2 Å². The molecule has 1 aliphatic rings. The Kier molecular flexibility index (Phi) is 7.68. The Morgan fingerprint density at radius 1 is 1.00 bits per heavy atom. The van der Waals surface area contributed by atoms with Gasteiger partial charge in [-0.3, -0.25) is 4.79 Å². The fraction of sp³-hybridized carbons (Fsp3) is 0.281. The molecule has 38 heavy (non-hydrogen) atoms. The molecule has 4 aromatic rings. The summed E-state index contributed by atoms with van der Waals surface area (Å²) in [6.07, 6.45) is 8.38. The number of ether oxygens (including phenoxy) is 1. The molecule has 1 fully saturated rings. The van der Waals surface area contributed by atoms with E-state index in [1.54, 1.807) is 6.08 Å². The molecule has 5 rings (SSSR count). The summed E-state index contributed by atoms with van der Waals surface area (Å²) in [4.78, 5) is 35.0. The van der Waals surface area contributed by atoms with E-state index >= 15 is 0 Å². The number of methoxy groups -OCH3 is 1. The first-order chi connectivity index (χ1) is 18.5. The number of imidazole rings is 1. The van der Waals surface area contributed by atoms with Crippen molar-refractivity contribution >= 4 is 34.7 Å². The molecule has 1 N–H and O–H groups in total. The molecule has 6 nitrogen and oxygen atoms in total. The van der Waals surface area contributed by atoms with E-state index in [1.165, 1.54) is 19.6 Å². The maximum Gasteiger partial charge on any atom is 0.330 e. The number of H-pyrrole nitrogens is 1. The molecule has 0 saturated heterocycles. The third-order valence-corrected chi connectivity index (χ3v) is 7.24. The van der Waals surface area contributed by atoms with Crippen LogP contribution in [0.1, 0.15) is 49.1 Å². The van der Waals surface area contributed by atoms with E-state index in [-0.39, 0.29) is 11.8 Å². The van der Waals surface area contributed by atoms with Gasteiger partial charge in [0.05, 0.1) is 24.7 Å². The number of benzene rings is 3. The molecule has 1 amide bonds. The van der Waals surface area contributed by atoms with Gasteiger partial charge in [-0.25, -0.2) is 9.78 Å². The summed E-state index contributed by atoms with van der Waals surface area (Å²) in [6, 6.07) is 22.4. The van der Waals surface area contributed by atoms with Gasteiger partial charge in [-0.1, -0.05) is 61.7 Å². The van der Waals surface area contributed by atoms with Crippen molar-refractivity contribution in [2.24, 2.45) is 5.92 Å². The standard InChI is InChI=1S/C32H33N3O3/c1-22-33-29-17-16-27(20-30(29)34-22)25-14-11-24(12-15-25)21-35(32(37)26-8-4-3-5-9-26)28-10-6-7-23(19-28)13-18-31(36)38-2/h6-7,10-20,26H,3-5,8-9,21H2,1-2H3,(H,33,34). The van der Waals surface area contributed by atoms with Gasteiger partial charge in [-0.2, -0.15) is 0 Å². The van der Waals surface area contributed by atoms with E-state index in [9.17, 15) is 9.59 Å². The maximum absolute atomic E-state index is 13.8. The van der Waals surface area contributed by atoms with Crippen LogP contribution in [0.4, 0.5) is 5.69 Å². The summed E-state index contributed by atoms with van der Waals surface area (Å²) in [7, 11) is 1.36. The number of esters is 1. The van der Waals surface area contributed by atoms with Gasteiger partial charge in [-0.05, 0) is 72.4 Å². The Morgan fingerprint density at radius 3 is 2.53 bits per heavy atom. The highest BCUT2D eigenvalue weighted by Crippen LogP contribution is 2.30. The Bertz CT molecular complexity index is 1460. The quantitative estimate of drug-likeness (QED) is 0.220. The topological polar surface area (TPSA) is 75.3 Å². The van der Waals surface area contributed by atoms with Gasteiger partial charge < -0.3 is 14.6 Å². The fourth-order valence-electron chi connectivity index (χ4n) is 5.20. The number of carbonyl (C=O) groups excluding carboxylic acids is 2. The van der Waals surface area contributed by atoms with Gasteiger partial charge in [0.15, 0.2) is 0 Å². The summed E-state index contributed by atoms with van der Waals surface area (Å²) in [5.74, 6) is 0.706. The van der Waals surface area contributed by atoms with Crippen molar-refractivity contribution in [2.75, 3.05) is 12.0 Å². The van der Waals surface area contributed by atoms with E-state index in [2.05, 4.69) is 46.4 Å². The number of aromatic nitrogens is 2. The summed E-state index contributed by atoms with van der Waals surface area (Å²) in [6.45, 7) is 2.44. The van der Waals surface area contributed by atoms with Crippen molar-refractivity contribution in [1.29, 1.82) is 0 Å². The Hall–Kier alpha value is -4.19. The summed E-state index contributed by atoms with van der Waals surface area (Å²) < 4.78 is 4.71. The van der Waals surface area contributed by atoms with E-state index in [0.29, 0.717) is 6.54 Å². The van der Waals surface area contributed by atoms with Crippen molar-refractivity contribution < 1.29 is 14.3 Å². The molecule has 1 heterocycles. The number of nitrogens with zero attached hydrogens (tertiary/aromatic N) is 2. The lowest BCUT2D eigenvalue weighted by molar-refractivity contribution is -0.134. The van der Waals surface area contributed by atoms with E-state index < -0.39 is 5.97 Å². The normalized spacial score (nSPS) is 14.2. The van der Waals surface area contributed by atoms with Crippen LogP contribution in [0, 0.1) is 12.8 Å². The molecule has 0 radical (unpaired) electrons. The first-order valence-corrected chi connectivity index (χ1v) is 13.2. The van der Waals surface area contributed by atoms with E-state index in [0.717, 1.165) is 70.5 Å². The van der Waals surface area contributed by atoms with Gasteiger partial charge >= 0.3 is 5.97 Å². The van der Waals surface area contributed by atoms with Crippen LogP contribution in [0.3, 0.4) is 0 Å². The largest absolute Gasteiger partial charge is 0.466 e. The zero-order valence-corrected chi connectivity index (χ0v) is 21.9. The van der Waals surface area contributed by atoms with Crippen LogP contribution in [0.5, 0.6) is 0 Å². The zero-order chi connectivity index (χ0) is 26.5. The molecule has 0 spiro atoms. The molecule has 6 heteroatoms. The number of fused-ring (bicyclic) bond motifs is 1. The smallest absolute Gasteiger partial charge is 0.330 e. The number of aryl methyl sites for hydroxylation is 1. The second kappa shape index (κ2) is 11.5. The van der Waals surface area contributed by atoms with Crippen LogP contribution in [0.15, 0.2) is 72.8 Å². The fourth-order valence-corrected chi connectivity index (χ4v) is 5.20. The molecule has 0 aliphatic heterocycles. The number of hydrogen-bond donors (Lipinski definition) is 1. The Balaban J connectivity index is 1.41. The number of anilines is 1. The van der Waals surface area contributed by atoms with Crippen molar-refractivity contribution in [3.05, 3.63) is 89.8 Å². The summed E-state index contributed by atoms with van der Waals surface area (Å²) >= 11 is 0. The van der Waals surface area contributed by atoms with Crippen molar-refractivity contribution in [1.82, 2.24) is 9.97 Å². The number of aromatic amines is 1. The number of carbonyl (C=O) groups is 2. The van der Waals surface area contributed by atoms with Crippen LogP contribution in [0.2, 0.25) is 0 Å². The lowest BCUT2D eigenvalue weighted by atomic mass is 9.88. The SMILES string of the molecule is COC(=O)C=Cc1cccc(N(Cc2ccc(-c3ccc4nc(C)[nH]c4c3)cc2)C(=O)C2CCCCC2)c1. The molecule has 0 bridgehead atoms. The molecule has 194 valence electrons. The first kappa shape index (κ1) is 25.5. The second-order valence-electron chi connectivity index (χ2n) is 9.96. The van der Waals surface area contributed by atoms with Crippen LogP contribution in [-0.2, 0) is 20.9 Å². The molecule has 0 atom stereocenters. The maximum atomic E-state index is 13.8. The summed E-state index contributed by atoms with van der Waals surface area (Å²) in [5.41, 5.74) is 6.95. The van der Waals surface area contributed by atoms with Gasteiger partial charge in [0.25, 0.3) is 0 Å². The highest BCUT2D eigenvalue weighted by Gasteiger charge is 2.27. The lowest BCUT2D eigenvalue weighted by Crippen LogP contribution is -2.36. The van der Waals surface area contributed by atoms with Crippen molar-refractivity contribution in [3.8, 4) is 11.1 Å². The predicted octanol–water partition coefficient (Wildman–Crippen LogP) is 6.84. The van der Waals surface area contributed by atoms with Crippen LogP contribution in [-0.4, -0.2) is 29.0 Å². The van der Waals surface area contributed by atoms with Gasteiger partial charge in [0.2, 0.25) is 5.91 Å². The minimum absolute atomic E-state index is 0.0434. The third kappa shape index (κ3) is 5.86. The van der Waals surface area contributed by atoms with Crippen molar-refractivity contribution in [2.45, 2.75) is 45.6 Å². The Morgan fingerprint density at radius 2 is 1.76 bits per heavy atom. The molecule has 1 aromatic heterocycles. The average Bonchev–Trinajstić information content (AvgIpc) is 3.34. The van der Waals surface area contributed by atoms with Crippen molar-refractivity contribution in [3.63, 3.8) is 0 Å².